The second kappa shape index (κ2) is 8.62. The van der Waals surface area contributed by atoms with Gasteiger partial charge in [-0.15, -0.1) is 12.4 Å². The Kier molecular flexibility index (Phi) is 6.18. The van der Waals surface area contributed by atoms with Crippen LogP contribution in [0.5, 0.6) is 5.75 Å². The maximum Gasteiger partial charge on any atom is 0.147 e. The number of halogens is 3. The lowest BCUT2D eigenvalue weighted by Crippen LogP contribution is -2.04. The van der Waals surface area contributed by atoms with Crippen LogP contribution in [0.1, 0.15) is 22.4 Å². The molecule has 0 unspecified atom stereocenters. The van der Waals surface area contributed by atoms with Gasteiger partial charge >= 0.3 is 0 Å². The molecule has 0 aliphatic heterocycles. The van der Waals surface area contributed by atoms with Crippen molar-refractivity contribution in [3.8, 4) is 5.75 Å². The number of aromatic nitrogens is 2. The first-order valence-electron chi connectivity index (χ1n) is 9.09. The fourth-order valence-electron chi connectivity index (χ4n) is 3.39. The van der Waals surface area contributed by atoms with E-state index in [2.05, 4.69) is 9.55 Å². The van der Waals surface area contributed by atoms with Gasteiger partial charge in [0.2, 0.25) is 0 Å². The molecule has 0 aliphatic carbocycles. The maximum atomic E-state index is 13.6. The van der Waals surface area contributed by atoms with Crippen molar-refractivity contribution < 1.29 is 13.5 Å². The van der Waals surface area contributed by atoms with Crippen LogP contribution in [0.2, 0.25) is 0 Å². The Bertz CT molecular complexity index is 1140. The molecule has 0 atom stereocenters. The summed E-state index contributed by atoms with van der Waals surface area (Å²) in [7, 11) is 0. The normalized spacial score (nSPS) is 10.8. The van der Waals surface area contributed by atoms with E-state index in [0.29, 0.717) is 18.9 Å². The SMILES string of the molecule is Cc1c(C)n(Cc2cccc(F)c2)c2c(OCc3ccc(F)cc3)ccnc12.Cl. The predicted molar refractivity (Wildman–Crippen MR) is 113 cm³/mol. The van der Waals surface area contributed by atoms with Gasteiger partial charge in [-0.2, -0.15) is 0 Å². The van der Waals surface area contributed by atoms with E-state index in [9.17, 15) is 8.78 Å². The molecule has 4 aromatic rings. The van der Waals surface area contributed by atoms with E-state index >= 15 is 0 Å². The van der Waals surface area contributed by atoms with E-state index in [1.165, 1.54) is 24.3 Å². The van der Waals surface area contributed by atoms with Crippen LogP contribution in [-0.4, -0.2) is 9.55 Å². The summed E-state index contributed by atoms with van der Waals surface area (Å²) in [5.41, 5.74) is 5.62. The number of nitrogens with zero attached hydrogens (tertiary/aromatic N) is 2. The number of pyridine rings is 1. The van der Waals surface area contributed by atoms with Gasteiger partial charge < -0.3 is 9.30 Å². The molecular formula is C23H21ClF2N2O. The Morgan fingerprint density at radius 1 is 0.931 bits per heavy atom. The van der Waals surface area contributed by atoms with Crippen LogP contribution in [-0.2, 0) is 13.2 Å². The van der Waals surface area contributed by atoms with Gasteiger partial charge in [-0.3, -0.25) is 4.98 Å². The molecule has 0 amide bonds. The van der Waals surface area contributed by atoms with Gasteiger partial charge in [0.15, 0.2) is 0 Å². The Morgan fingerprint density at radius 2 is 1.69 bits per heavy atom. The zero-order valence-corrected chi connectivity index (χ0v) is 17.0. The van der Waals surface area contributed by atoms with E-state index in [0.717, 1.165) is 33.4 Å². The van der Waals surface area contributed by atoms with Gasteiger partial charge in [-0.05, 0) is 54.8 Å². The lowest BCUT2D eigenvalue weighted by Gasteiger charge is -2.13. The van der Waals surface area contributed by atoms with E-state index in [-0.39, 0.29) is 24.0 Å². The first-order chi connectivity index (χ1) is 13.5. The number of benzene rings is 2. The standard InChI is InChI=1S/C23H20F2N2O.ClH/c1-15-16(2)27(13-18-4-3-5-20(25)12-18)23-21(10-11-26-22(15)23)28-14-17-6-8-19(24)9-7-17;/h3-12H,13-14H2,1-2H3;1H. The van der Waals surface area contributed by atoms with Crippen molar-refractivity contribution in [1.82, 2.24) is 9.55 Å². The quantitative estimate of drug-likeness (QED) is 0.401. The highest BCUT2D eigenvalue weighted by molar-refractivity contribution is 5.86. The Labute approximate surface area is 174 Å². The Morgan fingerprint density at radius 3 is 2.41 bits per heavy atom. The van der Waals surface area contributed by atoms with Crippen LogP contribution in [0.3, 0.4) is 0 Å². The van der Waals surface area contributed by atoms with Crippen molar-refractivity contribution in [3.63, 3.8) is 0 Å². The van der Waals surface area contributed by atoms with E-state index in [1.807, 2.05) is 26.0 Å². The van der Waals surface area contributed by atoms with Gasteiger partial charge in [0, 0.05) is 24.5 Å². The fourth-order valence-corrected chi connectivity index (χ4v) is 3.39. The fraction of sp³-hybridized carbons (Fsp3) is 0.174. The average Bonchev–Trinajstić information content (AvgIpc) is 2.93. The van der Waals surface area contributed by atoms with Crippen LogP contribution in [0.15, 0.2) is 60.8 Å². The van der Waals surface area contributed by atoms with Gasteiger partial charge in [0.25, 0.3) is 0 Å². The first kappa shape index (κ1) is 20.8. The Hall–Kier alpha value is -2.92. The molecule has 0 saturated carbocycles. The maximum absolute atomic E-state index is 13.6. The minimum Gasteiger partial charge on any atom is -0.487 e. The summed E-state index contributed by atoms with van der Waals surface area (Å²) in [6.07, 6.45) is 1.72. The minimum absolute atomic E-state index is 0. The summed E-state index contributed by atoms with van der Waals surface area (Å²) in [6, 6.07) is 14.7. The lowest BCUT2D eigenvalue weighted by molar-refractivity contribution is 0.308. The third-order valence-electron chi connectivity index (χ3n) is 5.00. The smallest absolute Gasteiger partial charge is 0.147 e. The topological polar surface area (TPSA) is 27.1 Å². The number of aryl methyl sites for hydroxylation is 1. The molecule has 0 radical (unpaired) electrons. The third kappa shape index (κ3) is 4.25. The minimum atomic E-state index is -0.273. The van der Waals surface area contributed by atoms with Crippen LogP contribution in [0.4, 0.5) is 8.78 Å². The first-order valence-corrected chi connectivity index (χ1v) is 9.09. The number of fused-ring (bicyclic) bond motifs is 1. The number of hydrogen-bond donors (Lipinski definition) is 0. The number of rotatable bonds is 5. The summed E-state index contributed by atoms with van der Waals surface area (Å²) in [5.74, 6) is 0.168. The molecule has 29 heavy (non-hydrogen) atoms. The summed E-state index contributed by atoms with van der Waals surface area (Å²) >= 11 is 0. The van der Waals surface area contributed by atoms with Crippen molar-refractivity contribution >= 4 is 23.4 Å². The van der Waals surface area contributed by atoms with Crippen molar-refractivity contribution in [2.24, 2.45) is 0 Å². The van der Waals surface area contributed by atoms with Crippen molar-refractivity contribution in [1.29, 1.82) is 0 Å². The van der Waals surface area contributed by atoms with Gasteiger partial charge in [0.05, 0.1) is 5.52 Å². The summed E-state index contributed by atoms with van der Waals surface area (Å²) in [6.45, 7) is 4.89. The highest BCUT2D eigenvalue weighted by Gasteiger charge is 2.17. The molecule has 150 valence electrons. The van der Waals surface area contributed by atoms with E-state index in [4.69, 9.17) is 4.74 Å². The van der Waals surface area contributed by atoms with Crippen molar-refractivity contribution in [2.75, 3.05) is 0 Å². The third-order valence-corrected chi connectivity index (χ3v) is 5.00. The number of ether oxygens (including phenoxy) is 1. The largest absolute Gasteiger partial charge is 0.487 e. The van der Waals surface area contributed by atoms with Crippen molar-refractivity contribution in [3.05, 3.63) is 94.8 Å². The molecule has 2 aromatic carbocycles. The molecule has 0 spiro atoms. The van der Waals surface area contributed by atoms with Crippen LogP contribution < -0.4 is 4.74 Å². The second-order valence-corrected chi connectivity index (χ2v) is 6.85. The molecule has 2 aromatic heterocycles. The summed E-state index contributed by atoms with van der Waals surface area (Å²) in [4.78, 5) is 4.52. The summed E-state index contributed by atoms with van der Waals surface area (Å²) < 4.78 is 34.9. The molecule has 0 saturated heterocycles. The monoisotopic (exact) mass is 414 g/mol. The zero-order valence-electron chi connectivity index (χ0n) is 16.2. The average molecular weight is 415 g/mol. The summed E-state index contributed by atoms with van der Waals surface area (Å²) in [5, 5.41) is 0. The highest BCUT2D eigenvalue weighted by Crippen LogP contribution is 2.32. The number of hydrogen-bond acceptors (Lipinski definition) is 2. The Balaban J connectivity index is 0.00000240. The van der Waals surface area contributed by atoms with Gasteiger partial charge in [0.1, 0.15) is 29.5 Å². The molecule has 0 bridgehead atoms. The van der Waals surface area contributed by atoms with E-state index < -0.39 is 0 Å². The molecule has 0 fully saturated rings. The van der Waals surface area contributed by atoms with Gasteiger partial charge in [-0.1, -0.05) is 24.3 Å². The lowest BCUT2D eigenvalue weighted by atomic mass is 10.2. The molecule has 2 heterocycles. The molecule has 6 heteroatoms. The molecular weight excluding hydrogens is 394 g/mol. The molecule has 0 aliphatic rings. The zero-order chi connectivity index (χ0) is 19.7. The van der Waals surface area contributed by atoms with Crippen molar-refractivity contribution in [2.45, 2.75) is 27.0 Å². The van der Waals surface area contributed by atoms with Crippen LogP contribution in [0.25, 0.3) is 11.0 Å². The predicted octanol–water partition coefficient (Wildman–Crippen LogP) is 5.98. The molecule has 0 N–H and O–H groups in total. The van der Waals surface area contributed by atoms with E-state index in [1.54, 1.807) is 24.4 Å². The van der Waals surface area contributed by atoms with Crippen LogP contribution in [0, 0.1) is 25.5 Å². The highest BCUT2D eigenvalue weighted by atomic mass is 35.5. The molecule has 3 nitrogen and oxygen atoms in total. The van der Waals surface area contributed by atoms with Gasteiger partial charge in [-0.25, -0.2) is 8.78 Å². The van der Waals surface area contributed by atoms with Crippen LogP contribution >= 0.6 is 12.4 Å². The molecule has 4 rings (SSSR count). The second-order valence-electron chi connectivity index (χ2n) is 6.85.